The number of benzene rings is 1. The molecule has 11 heteroatoms. The lowest BCUT2D eigenvalue weighted by Crippen LogP contribution is -2.51. The number of non-ortho nitro benzene ring substituents is 1. The molecule has 0 unspecified atom stereocenters. The van der Waals surface area contributed by atoms with Gasteiger partial charge >= 0.3 is 18.0 Å². The van der Waals surface area contributed by atoms with Crippen molar-refractivity contribution >= 4 is 23.3 Å². The van der Waals surface area contributed by atoms with Crippen LogP contribution in [0, 0.1) is 10.1 Å². The molecule has 6 nitrogen and oxygen atoms in total. The Bertz CT molecular complexity index is 579. The van der Waals surface area contributed by atoms with Crippen molar-refractivity contribution in [2.24, 2.45) is 0 Å². The molecule has 0 N–H and O–H groups in total. The minimum absolute atomic E-state index is 0.309. The highest BCUT2D eigenvalue weighted by atomic mass is 35.5. The second-order valence-electron chi connectivity index (χ2n) is 3.56. The van der Waals surface area contributed by atoms with Crippen molar-refractivity contribution in [1.82, 2.24) is 0 Å². The van der Waals surface area contributed by atoms with Gasteiger partial charge in [0.05, 0.1) is 16.0 Å². The first-order valence-electron chi connectivity index (χ1n) is 5.00. The van der Waals surface area contributed by atoms with E-state index in [0.29, 0.717) is 13.2 Å². The van der Waals surface area contributed by atoms with Crippen LogP contribution in [0.5, 0.6) is 5.75 Å². The average molecular weight is 332 g/mol. The first-order chi connectivity index (χ1) is 9.52. The van der Waals surface area contributed by atoms with Crippen LogP contribution in [0.2, 0.25) is 5.02 Å². The summed E-state index contributed by atoms with van der Waals surface area (Å²) in [5, 5.41) is 10.1. The van der Waals surface area contributed by atoms with Crippen LogP contribution in [0.25, 0.3) is 0 Å². The Morgan fingerprint density at radius 2 is 1.90 bits per heavy atom. The molecule has 0 fully saturated rings. The van der Waals surface area contributed by atoms with E-state index in [1.807, 2.05) is 0 Å². The fourth-order valence-corrected chi connectivity index (χ4v) is 1.32. The Balaban J connectivity index is 3.13. The van der Waals surface area contributed by atoms with Crippen LogP contribution in [0.15, 0.2) is 18.2 Å². The van der Waals surface area contributed by atoms with Gasteiger partial charge in [0, 0.05) is 13.2 Å². The summed E-state index contributed by atoms with van der Waals surface area (Å²) >= 11 is 5.51. The number of nitro benzene ring substituents is 1. The fraction of sp³-hybridized carbons (Fsp3) is 0.300. The first-order valence-corrected chi connectivity index (χ1v) is 5.37. The third-order valence-corrected chi connectivity index (χ3v) is 2.55. The predicted octanol–water partition coefficient (Wildman–Crippen LogP) is 3.03. The van der Waals surface area contributed by atoms with Crippen LogP contribution in [0.4, 0.5) is 23.2 Å². The van der Waals surface area contributed by atoms with E-state index in [9.17, 15) is 32.5 Å². The normalized spacial score (nSPS) is 14.4. The lowest BCUT2D eigenvalue weighted by atomic mass is 10.3. The summed E-state index contributed by atoms with van der Waals surface area (Å²) in [6.07, 6.45) is -5.70. The van der Waals surface area contributed by atoms with Crippen LogP contribution in [0.1, 0.15) is 0 Å². The van der Waals surface area contributed by atoms with Gasteiger partial charge in [-0.2, -0.15) is 17.6 Å². The SMILES string of the molecule is CO[C@](F)(C(=O)Oc1cc([N+](=O)[O-])ccc1Cl)C(F)(F)F. The summed E-state index contributed by atoms with van der Waals surface area (Å²) in [7, 11) is 0.309. The van der Waals surface area contributed by atoms with Crippen LogP contribution < -0.4 is 4.74 Å². The highest BCUT2D eigenvalue weighted by Crippen LogP contribution is 2.37. The van der Waals surface area contributed by atoms with E-state index in [0.717, 1.165) is 12.1 Å². The molecule has 0 aliphatic heterocycles. The zero-order chi connectivity index (χ0) is 16.4. The third kappa shape index (κ3) is 3.39. The van der Waals surface area contributed by atoms with Gasteiger partial charge < -0.3 is 9.47 Å². The number of rotatable bonds is 4. The topological polar surface area (TPSA) is 78.7 Å². The molecule has 0 radical (unpaired) electrons. The summed E-state index contributed by atoms with van der Waals surface area (Å²) < 4.78 is 58.4. The number of carbonyl (C=O) groups excluding carboxylic acids is 1. The number of hydrogen-bond acceptors (Lipinski definition) is 5. The molecule has 0 aromatic heterocycles. The second-order valence-corrected chi connectivity index (χ2v) is 3.97. The Morgan fingerprint density at radius 1 is 1.33 bits per heavy atom. The van der Waals surface area contributed by atoms with Gasteiger partial charge in [0.2, 0.25) is 0 Å². The molecule has 0 saturated heterocycles. The van der Waals surface area contributed by atoms with E-state index in [2.05, 4.69) is 9.47 Å². The van der Waals surface area contributed by atoms with Crippen LogP contribution in [0.3, 0.4) is 0 Å². The third-order valence-electron chi connectivity index (χ3n) is 2.24. The number of nitrogens with zero attached hydrogens (tertiary/aromatic N) is 1. The number of alkyl halides is 4. The molecule has 21 heavy (non-hydrogen) atoms. The summed E-state index contributed by atoms with van der Waals surface area (Å²) in [5.74, 6) is -7.99. The molecule has 1 atom stereocenters. The summed E-state index contributed by atoms with van der Waals surface area (Å²) in [4.78, 5) is 20.9. The summed E-state index contributed by atoms with van der Waals surface area (Å²) in [6.45, 7) is 0. The molecular formula is C10H6ClF4NO5. The first kappa shape index (κ1) is 17.1. The molecule has 0 aliphatic rings. The maximum Gasteiger partial charge on any atom is 0.460 e. The number of esters is 1. The summed E-state index contributed by atoms with van der Waals surface area (Å²) in [6, 6.07) is 2.40. The molecule has 0 spiro atoms. The van der Waals surface area contributed by atoms with Gasteiger partial charge in [-0.3, -0.25) is 10.1 Å². The predicted molar refractivity (Wildman–Crippen MR) is 60.6 cm³/mol. The van der Waals surface area contributed by atoms with E-state index in [1.54, 1.807) is 0 Å². The van der Waals surface area contributed by atoms with Gasteiger partial charge in [-0.15, -0.1) is 0 Å². The number of hydrogen-bond donors (Lipinski definition) is 0. The van der Waals surface area contributed by atoms with Gasteiger partial charge in [-0.05, 0) is 6.07 Å². The zero-order valence-electron chi connectivity index (χ0n) is 10.1. The standard InChI is InChI=1S/C10H6ClF4NO5/c1-20-9(12,10(13,14)15)8(17)21-7-4-5(16(18)19)2-3-6(7)11/h2-4H,1H3/t9-/m1/s1. The van der Waals surface area contributed by atoms with Crippen molar-refractivity contribution in [1.29, 1.82) is 0 Å². The van der Waals surface area contributed by atoms with E-state index < -0.39 is 39.4 Å². The van der Waals surface area contributed by atoms with Gasteiger partial charge in [0.15, 0.2) is 5.75 Å². The zero-order valence-corrected chi connectivity index (χ0v) is 10.9. The van der Waals surface area contributed by atoms with Crippen LogP contribution in [-0.4, -0.2) is 30.0 Å². The molecule has 1 aromatic rings. The largest absolute Gasteiger partial charge is 0.460 e. The molecule has 0 heterocycles. The maximum absolute atomic E-state index is 13.5. The maximum atomic E-state index is 13.5. The number of ether oxygens (including phenoxy) is 2. The second kappa shape index (κ2) is 5.82. The van der Waals surface area contributed by atoms with Crippen LogP contribution in [-0.2, 0) is 9.53 Å². The quantitative estimate of drug-likeness (QED) is 0.278. The average Bonchev–Trinajstić information content (AvgIpc) is 2.38. The summed E-state index contributed by atoms with van der Waals surface area (Å²) in [5.41, 5.74) is -0.615. The van der Waals surface area contributed by atoms with Crippen molar-refractivity contribution in [3.05, 3.63) is 33.3 Å². The lowest BCUT2D eigenvalue weighted by molar-refractivity contribution is -0.384. The molecule has 1 aromatic carbocycles. The van der Waals surface area contributed by atoms with Crippen molar-refractivity contribution in [3.63, 3.8) is 0 Å². The Hall–Kier alpha value is -1.94. The number of methoxy groups -OCH3 is 1. The Kier molecular flexibility index (Phi) is 4.74. The highest BCUT2D eigenvalue weighted by molar-refractivity contribution is 6.32. The van der Waals surface area contributed by atoms with Crippen molar-refractivity contribution in [2.75, 3.05) is 7.11 Å². The van der Waals surface area contributed by atoms with Crippen molar-refractivity contribution in [3.8, 4) is 5.75 Å². The van der Waals surface area contributed by atoms with Gasteiger partial charge in [0.1, 0.15) is 0 Å². The number of halogens is 5. The molecule has 0 aliphatic carbocycles. The van der Waals surface area contributed by atoms with E-state index in [1.165, 1.54) is 0 Å². The van der Waals surface area contributed by atoms with Crippen molar-refractivity contribution in [2.45, 2.75) is 12.0 Å². The molecular weight excluding hydrogens is 326 g/mol. The lowest BCUT2D eigenvalue weighted by Gasteiger charge is -2.23. The minimum Gasteiger partial charge on any atom is -0.420 e. The van der Waals surface area contributed by atoms with Gasteiger partial charge in [-0.1, -0.05) is 11.6 Å². The Morgan fingerprint density at radius 3 is 2.33 bits per heavy atom. The highest BCUT2D eigenvalue weighted by Gasteiger charge is 2.65. The monoisotopic (exact) mass is 331 g/mol. The van der Waals surface area contributed by atoms with E-state index in [-0.39, 0.29) is 0 Å². The van der Waals surface area contributed by atoms with Gasteiger partial charge in [0.25, 0.3) is 5.69 Å². The molecule has 1 rings (SSSR count). The van der Waals surface area contributed by atoms with E-state index >= 15 is 0 Å². The molecule has 0 saturated carbocycles. The molecule has 116 valence electrons. The molecule has 0 bridgehead atoms. The van der Waals surface area contributed by atoms with Crippen molar-refractivity contribution < 1.29 is 36.8 Å². The van der Waals surface area contributed by atoms with E-state index in [4.69, 9.17) is 11.6 Å². The number of carbonyl (C=O) groups is 1. The van der Waals surface area contributed by atoms with Gasteiger partial charge in [-0.25, -0.2) is 4.79 Å². The number of nitro groups is 1. The Labute approximate surface area is 119 Å². The molecule has 0 amide bonds. The van der Waals surface area contributed by atoms with Crippen LogP contribution >= 0.6 is 11.6 Å². The minimum atomic E-state index is -5.70. The smallest absolute Gasteiger partial charge is 0.420 e. The fourth-order valence-electron chi connectivity index (χ4n) is 1.16.